The molecule has 1 aromatic heterocycles. The summed E-state index contributed by atoms with van der Waals surface area (Å²) < 4.78 is 0. The van der Waals surface area contributed by atoms with E-state index in [1.54, 1.807) is 29.7 Å². The summed E-state index contributed by atoms with van der Waals surface area (Å²) in [4.78, 5) is 5.36. The fourth-order valence-corrected chi connectivity index (χ4v) is 3.16. The van der Waals surface area contributed by atoms with Crippen LogP contribution in [0.1, 0.15) is 4.88 Å². The van der Waals surface area contributed by atoms with Crippen molar-refractivity contribution in [2.75, 3.05) is 0 Å². The van der Waals surface area contributed by atoms with E-state index in [1.807, 2.05) is 6.92 Å². The van der Waals surface area contributed by atoms with Crippen LogP contribution in [0.15, 0.2) is 18.3 Å². The molecule has 1 aromatic carbocycles. The van der Waals surface area contributed by atoms with Gasteiger partial charge in [-0.25, -0.2) is 4.98 Å². The third kappa shape index (κ3) is 2.28. The summed E-state index contributed by atoms with van der Waals surface area (Å²) in [5.74, 6) is 0. The fourth-order valence-electron chi connectivity index (χ4n) is 1.22. The number of thiazole rings is 1. The zero-order chi connectivity index (χ0) is 11.0. The molecule has 0 fully saturated rings. The van der Waals surface area contributed by atoms with Gasteiger partial charge < -0.3 is 0 Å². The largest absolute Gasteiger partial charge is 0.244 e. The standard InChI is InChI=1S/C10H6Cl3NS/c1-5-4-14-10(15-5)9-7(12)2-6(11)3-8(9)13/h2-4H,1H3. The Morgan fingerprint density at radius 2 is 1.73 bits per heavy atom. The molecule has 2 aromatic rings. The van der Waals surface area contributed by atoms with Crippen LogP contribution >= 0.6 is 46.1 Å². The van der Waals surface area contributed by atoms with Crippen molar-refractivity contribution in [2.24, 2.45) is 0 Å². The van der Waals surface area contributed by atoms with Crippen LogP contribution in [-0.4, -0.2) is 4.98 Å². The van der Waals surface area contributed by atoms with E-state index in [0.717, 1.165) is 15.4 Å². The summed E-state index contributed by atoms with van der Waals surface area (Å²) in [5.41, 5.74) is 0.751. The molecule has 0 N–H and O–H groups in total. The number of halogens is 3. The fraction of sp³-hybridized carbons (Fsp3) is 0.100. The van der Waals surface area contributed by atoms with Crippen molar-refractivity contribution in [1.29, 1.82) is 0 Å². The third-order valence-corrected chi connectivity index (χ3v) is 3.59. The Hall–Kier alpha value is -0.280. The first-order chi connectivity index (χ1) is 7.08. The Kier molecular flexibility index (Phi) is 3.21. The van der Waals surface area contributed by atoms with Crippen LogP contribution in [0.3, 0.4) is 0 Å². The quantitative estimate of drug-likeness (QED) is 0.709. The van der Waals surface area contributed by atoms with Gasteiger partial charge in [-0.3, -0.25) is 0 Å². The van der Waals surface area contributed by atoms with Crippen molar-refractivity contribution < 1.29 is 0 Å². The molecule has 0 amide bonds. The predicted octanol–water partition coefficient (Wildman–Crippen LogP) is 5.08. The highest BCUT2D eigenvalue weighted by Gasteiger charge is 2.12. The molecule has 0 aliphatic carbocycles. The van der Waals surface area contributed by atoms with Crippen LogP contribution in [0.5, 0.6) is 0 Å². The Balaban J connectivity index is 2.62. The highest BCUT2D eigenvalue weighted by atomic mass is 35.5. The third-order valence-electron chi connectivity index (χ3n) is 1.84. The minimum atomic E-state index is 0.529. The SMILES string of the molecule is Cc1cnc(-c2c(Cl)cc(Cl)cc2Cl)s1. The van der Waals surface area contributed by atoms with Gasteiger partial charge in [0.05, 0.1) is 10.0 Å². The second-order valence-electron chi connectivity index (χ2n) is 3.02. The van der Waals surface area contributed by atoms with Crippen LogP contribution in [0.4, 0.5) is 0 Å². The van der Waals surface area contributed by atoms with Gasteiger partial charge in [0, 0.05) is 21.7 Å². The molecule has 0 atom stereocenters. The molecule has 78 valence electrons. The van der Waals surface area contributed by atoms with Gasteiger partial charge in [-0.05, 0) is 19.1 Å². The van der Waals surface area contributed by atoms with E-state index in [0.29, 0.717) is 15.1 Å². The van der Waals surface area contributed by atoms with Gasteiger partial charge in [-0.15, -0.1) is 11.3 Å². The average Bonchev–Trinajstić information content (AvgIpc) is 2.49. The first-order valence-electron chi connectivity index (χ1n) is 4.15. The molecular formula is C10H6Cl3NS. The maximum absolute atomic E-state index is 6.08. The van der Waals surface area contributed by atoms with Gasteiger partial charge in [0.15, 0.2) is 0 Å². The molecule has 0 unspecified atom stereocenters. The summed E-state index contributed by atoms with van der Waals surface area (Å²) in [6, 6.07) is 3.34. The predicted molar refractivity (Wildman–Crippen MR) is 67.3 cm³/mol. The number of rotatable bonds is 1. The van der Waals surface area contributed by atoms with Gasteiger partial charge in [0.25, 0.3) is 0 Å². The van der Waals surface area contributed by atoms with Gasteiger partial charge in [-0.2, -0.15) is 0 Å². The van der Waals surface area contributed by atoms with Crippen LogP contribution in [0, 0.1) is 6.92 Å². The molecule has 0 radical (unpaired) electrons. The molecule has 2 rings (SSSR count). The minimum Gasteiger partial charge on any atom is -0.244 e. The topological polar surface area (TPSA) is 12.9 Å². The van der Waals surface area contributed by atoms with Crippen molar-refractivity contribution in [3.63, 3.8) is 0 Å². The normalized spacial score (nSPS) is 10.7. The number of aromatic nitrogens is 1. The van der Waals surface area contributed by atoms with Crippen molar-refractivity contribution in [3.8, 4) is 10.6 Å². The van der Waals surface area contributed by atoms with Crippen molar-refractivity contribution in [3.05, 3.63) is 38.3 Å². The lowest BCUT2D eigenvalue weighted by atomic mass is 10.2. The minimum absolute atomic E-state index is 0.529. The summed E-state index contributed by atoms with van der Waals surface area (Å²) in [6.45, 7) is 1.99. The maximum Gasteiger partial charge on any atom is 0.126 e. The van der Waals surface area contributed by atoms with E-state index >= 15 is 0 Å². The number of nitrogens with zero attached hydrogens (tertiary/aromatic N) is 1. The lowest BCUT2D eigenvalue weighted by Gasteiger charge is -2.03. The van der Waals surface area contributed by atoms with Crippen LogP contribution in [0.25, 0.3) is 10.6 Å². The summed E-state index contributed by atoms with van der Waals surface area (Å²) >= 11 is 19.5. The number of benzene rings is 1. The van der Waals surface area contributed by atoms with Crippen LogP contribution in [0.2, 0.25) is 15.1 Å². The maximum atomic E-state index is 6.08. The molecule has 1 nitrogen and oxygen atoms in total. The molecule has 0 spiro atoms. The molecule has 5 heteroatoms. The highest BCUT2D eigenvalue weighted by Crippen LogP contribution is 2.38. The van der Waals surface area contributed by atoms with E-state index in [9.17, 15) is 0 Å². The number of hydrogen-bond acceptors (Lipinski definition) is 2. The average molecular weight is 279 g/mol. The molecule has 0 saturated heterocycles. The lowest BCUT2D eigenvalue weighted by molar-refractivity contribution is 1.38. The van der Waals surface area contributed by atoms with Gasteiger partial charge >= 0.3 is 0 Å². The van der Waals surface area contributed by atoms with E-state index in [1.165, 1.54) is 0 Å². The smallest absolute Gasteiger partial charge is 0.126 e. The second kappa shape index (κ2) is 4.30. The summed E-state index contributed by atoms with van der Waals surface area (Å²) in [7, 11) is 0. The number of hydrogen-bond donors (Lipinski definition) is 0. The molecule has 1 heterocycles. The van der Waals surface area contributed by atoms with Gasteiger partial charge in [0.1, 0.15) is 5.01 Å². The van der Waals surface area contributed by atoms with Gasteiger partial charge in [0.2, 0.25) is 0 Å². The molecule has 0 saturated carbocycles. The second-order valence-corrected chi connectivity index (χ2v) is 5.51. The van der Waals surface area contributed by atoms with E-state index in [-0.39, 0.29) is 0 Å². The Morgan fingerprint density at radius 1 is 1.13 bits per heavy atom. The Bertz CT molecular complexity index is 484. The van der Waals surface area contributed by atoms with E-state index < -0.39 is 0 Å². The lowest BCUT2D eigenvalue weighted by Crippen LogP contribution is -1.80. The van der Waals surface area contributed by atoms with Crippen molar-refractivity contribution in [1.82, 2.24) is 4.98 Å². The van der Waals surface area contributed by atoms with Gasteiger partial charge in [-0.1, -0.05) is 34.8 Å². The zero-order valence-corrected chi connectivity index (χ0v) is 10.8. The molecule has 0 aliphatic heterocycles. The highest BCUT2D eigenvalue weighted by molar-refractivity contribution is 7.15. The zero-order valence-electron chi connectivity index (χ0n) is 7.72. The van der Waals surface area contributed by atoms with E-state index in [4.69, 9.17) is 34.8 Å². The van der Waals surface area contributed by atoms with Crippen molar-refractivity contribution in [2.45, 2.75) is 6.92 Å². The molecule has 0 aliphatic rings. The number of aryl methyl sites for hydroxylation is 1. The first-order valence-corrected chi connectivity index (χ1v) is 6.10. The van der Waals surface area contributed by atoms with Crippen LogP contribution in [-0.2, 0) is 0 Å². The molecular weight excluding hydrogens is 273 g/mol. The molecule has 0 bridgehead atoms. The monoisotopic (exact) mass is 277 g/mol. The molecule has 15 heavy (non-hydrogen) atoms. The van der Waals surface area contributed by atoms with Crippen molar-refractivity contribution >= 4 is 46.1 Å². The Morgan fingerprint density at radius 3 is 2.20 bits per heavy atom. The summed E-state index contributed by atoms with van der Waals surface area (Å²) in [6.07, 6.45) is 1.79. The summed E-state index contributed by atoms with van der Waals surface area (Å²) in [5, 5.41) is 2.41. The first kappa shape index (κ1) is 11.2. The van der Waals surface area contributed by atoms with Crippen LogP contribution < -0.4 is 0 Å². The Labute approximate surface area is 107 Å². The van der Waals surface area contributed by atoms with E-state index in [2.05, 4.69) is 4.98 Å².